The molecule has 7 aromatic carbocycles. The Morgan fingerprint density at radius 1 is 0.254 bits per heavy atom. The van der Waals surface area contributed by atoms with Crippen LogP contribution in [-0.4, -0.2) is 6.15 Å². The van der Waals surface area contributed by atoms with Gasteiger partial charge in [0, 0.05) is 0 Å². The molecule has 0 heterocycles. The Balaban J connectivity index is 1.93. The lowest BCUT2D eigenvalue weighted by Crippen LogP contribution is -2.80. The molecule has 0 spiro atoms. The maximum Gasteiger partial charge on any atom is 0.200 e. The molecule has 0 aromatic heterocycles. The molecule has 0 bridgehead atoms. The van der Waals surface area contributed by atoms with Crippen LogP contribution in [0.4, 0.5) is 65.9 Å². The van der Waals surface area contributed by atoms with E-state index in [0.29, 0.717) is 6.07 Å². The number of halogens is 15. The Bertz CT molecular complexity index is 2430. The van der Waals surface area contributed by atoms with E-state index in [2.05, 4.69) is 0 Å². The van der Waals surface area contributed by atoms with E-state index in [4.69, 9.17) is 0 Å². The maximum absolute atomic E-state index is 16.7. The first-order valence-electron chi connectivity index (χ1n) is 17.0. The van der Waals surface area contributed by atoms with Crippen molar-refractivity contribution in [3.63, 3.8) is 0 Å². The summed E-state index contributed by atoms with van der Waals surface area (Å²) in [5.74, 6) is -46.0. The Hall–Kier alpha value is -6.45. The third-order valence-corrected chi connectivity index (χ3v) is 10.5. The average molecular weight is 831 g/mol. The highest BCUT2D eigenvalue weighted by Crippen LogP contribution is 2.45. The van der Waals surface area contributed by atoms with Gasteiger partial charge in [-0.1, -0.05) is 121 Å². The summed E-state index contributed by atoms with van der Waals surface area (Å²) in [6, 6.07) is 25.0. The molecule has 0 atom stereocenters. The van der Waals surface area contributed by atoms with Crippen molar-refractivity contribution in [1.82, 2.24) is 0 Å². The second kappa shape index (κ2) is 15.1. The zero-order chi connectivity index (χ0) is 42.7. The molecule has 0 saturated carbocycles. The van der Waals surface area contributed by atoms with Crippen molar-refractivity contribution in [2.45, 2.75) is 5.41 Å². The summed E-state index contributed by atoms with van der Waals surface area (Å²) in [7, 11) is 0. The van der Waals surface area contributed by atoms with Gasteiger partial charge in [-0.25, -0.2) is 65.9 Å². The molecule has 0 aliphatic rings. The highest BCUT2D eigenvalue weighted by molar-refractivity contribution is 7.20. The summed E-state index contributed by atoms with van der Waals surface area (Å²) in [5.41, 5.74) is -12.2. The fraction of sp³-hybridized carbons (Fsp3) is 0.0233. The molecule has 0 N–H and O–H groups in total. The lowest BCUT2D eigenvalue weighted by Gasteiger charge is -2.49. The molecular weight excluding hydrogens is 812 g/mol. The zero-order valence-corrected chi connectivity index (χ0v) is 29.2. The fourth-order valence-corrected chi connectivity index (χ4v) is 8.15. The zero-order valence-electron chi connectivity index (χ0n) is 29.2. The van der Waals surface area contributed by atoms with Crippen LogP contribution in [0.1, 0.15) is 22.3 Å². The van der Waals surface area contributed by atoms with Gasteiger partial charge in [-0.05, 0) is 16.7 Å². The van der Waals surface area contributed by atoms with Gasteiger partial charge in [0.05, 0.1) is 5.41 Å². The van der Waals surface area contributed by atoms with Crippen LogP contribution in [0.2, 0.25) is 0 Å². The van der Waals surface area contributed by atoms with Crippen molar-refractivity contribution < 1.29 is 65.9 Å². The normalized spacial score (nSPS) is 12.0. The van der Waals surface area contributed by atoms with E-state index in [-0.39, 0.29) is 16.7 Å². The Kier molecular flexibility index (Phi) is 10.4. The summed E-state index contributed by atoms with van der Waals surface area (Å²) in [5, 5.41) is 0. The largest absolute Gasteiger partial charge is 0.207 e. The maximum atomic E-state index is 16.7. The molecule has 0 amide bonds. The van der Waals surface area contributed by atoms with Gasteiger partial charge in [0.1, 0.15) is 41.0 Å². The van der Waals surface area contributed by atoms with Gasteiger partial charge in [-0.2, -0.15) is 5.46 Å². The molecule has 0 unspecified atom stereocenters. The average Bonchev–Trinajstić information content (AvgIpc) is 3.26. The lowest BCUT2D eigenvalue weighted by atomic mass is 9.11. The number of benzene rings is 7. The number of hydrogen-bond acceptors (Lipinski definition) is 0. The molecule has 0 aliphatic heterocycles. The van der Waals surface area contributed by atoms with E-state index in [1.54, 1.807) is 0 Å². The smallest absolute Gasteiger partial charge is 0.200 e. The molecule has 59 heavy (non-hydrogen) atoms. The van der Waals surface area contributed by atoms with Gasteiger partial charge < -0.3 is 0 Å². The molecule has 0 aliphatic carbocycles. The minimum atomic E-state index is -6.11. The molecule has 0 nitrogen and oxygen atoms in total. The monoisotopic (exact) mass is 831 g/mol. The second-order valence-electron chi connectivity index (χ2n) is 13.3. The van der Waals surface area contributed by atoms with E-state index >= 15 is 52.7 Å². The topological polar surface area (TPSA) is 0 Å². The second-order valence-corrected chi connectivity index (χ2v) is 13.3. The highest BCUT2D eigenvalue weighted by atomic mass is 19.2. The van der Waals surface area contributed by atoms with E-state index < -0.39 is 126 Å². The molecule has 16 heteroatoms. The van der Waals surface area contributed by atoms with Gasteiger partial charge in [-0.3, -0.25) is 0 Å². The van der Waals surface area contributed by atoms with Crippen LogP contribution in [0.5, 0.6) is 0 Å². The molecule has 7 rings (SSSR count). The summed E-state index contributed by atoms with van der Waals surface area (Å²) in [6.45, 7) is 0. The molecule has 7 aromatic rings. The summed E-state index contributed by atoms with van der Waals surface area (Å²) in [4.78, 5) is 0. The van der Waals surface area contributed by atoms with E-state index in [1.165, 1.54) is 91.0 Å². The van der Waals surface area contributed by atoms with Crippen molar-refractivity contribution in [3.8, 4) is 0 Å². The van der Waals surface area contributed by atoms with E-state index in [1.807, 2.05) is 0 Å². The Morgan fingerprint density at radius 3 is 0.746 bits per heavy atom. The van der Waals surface area contributed by atoms with Crippen LogP contribution in [-0.2, 0) is 5.41 Å². The van der Waals surface area contributed by atoms with Crippen LogP contribution < -0.4 is 21.9 Å². The van der Waals surface area contributed by atoms with Crippen molar-refractivity contribution >= 4 is 28.0 Å². The van der Waals surface area contributed by atoms with E-state index in [0.717, 1.165) is 18.2 Å². The summed E-state index contributed by atoms with van der Waals surface area (Å²) < 4.78 is 238. The standard InChI is InChI=1S/C43H19BF15/c45-28-25(29(46)35(52)40(57)34(28)51)44(26-30(47)36(53)41(58)37(54)31(26)48,27-32(49)38(55)42(59)39(56)33(27)50)24-19-11-10-18-23(24)43(20-12-4-1-5-13-20,21-14-6-2-7-15-21)22-16-8-3-9-17-22/h1-19H/q-1. The Morgan fingerprint density at radius 2 is 0.475 bits per heavy atom. The van der Waals surface area contributed by atoms with Crippen LogP contribution in [0.25, 0.3) is 0 Å². The van der Waals surface area contributed by atoms with Crippen molar-refractivity contribution in [3.05, 3.63) is 225 Å². The van der Waals surface area contributed by atoms with Gasteiger partial charge in [0.2, 0.25) is 0 Å². The molecular formula is C43H19BF15-. The summed E-state index contributed by atoms with van der Waals surface area (Å²) >= 11 is 0. The van der Waals surface area contributed by atoms with Gasteiger partial charge in [0.15, 0.2) is 52.4 Å². The van der Waals surface area contributed by atoms with Crippen LogP contribution in [0.3, 0.4) is 0 Å². The van der Waals surface area contributed by atoms with Crippen LogP contribution >= 0.6 is 0 Å². The number of hydrogen-bond donors (Lipinski definition) is 0. The lowest BCUT2D eigenvalue weighted by molar-refractivity contribution is 0.380. The predicted octanol–water partition coefficient (Wildman–Crippen LogP) is 9.53. The van der Waals surface area contributed by atoms with Gasteiger partial charge >= 0.3 is 0 Å². The van der Waals surface area contributed by atoms with E-state index in [9.17, 15) is 13.2 Å². The first kappa shape index (κ1) is 40.7. The van der Waals surface area contributed by atoms with Gasteiger partial charge in [-0.15, -0.1) is 16.4 Å². The minimum absolute atomic E-state index is 0.0711. The first-order chi connectivity index (χ1) is 28.1. The number of rotatable bonds is 8. The summed E-state index contributed by atoms with van der Waals surface area (Å²) in [6.07, 6.45) is -6.11. The third-order valence-electron chi connectivity index (χ3n) is 10.5. The minimum Gasteiger partial charge on any atom is -0.207 e. The Labute approximate surface area is 323 Å². The highest BCUT2D eigenvalue weighted by Gasteiger charge is 2.52. The van der Waals surface area contributed by atoms with Crippen LogP contribution in [0, 0.1) is 87.3 Å². The van der Waals surface area contributed by atoms with Crippen LogP contribution in [0.15, 0.2) is 115 Å². The molecule has 300 valence electrons. The third kappa shape index (κ3) is 5.74. The molecule has 0 fully saturated rings. The molecule has 0 radical (unpaired) electrons. The first-order valence-corrected chi connectivity index (χ1v) is 17.0. The fourth-order valence-electron chi connectivity index (χ4n) is 8.15. The molecule has 0 saturated heterocycles. The van der Waals surface area contributed by atoms with Crippen molar-refractivity contribution in [1.29, 1.82) is 0 Å². The van der Waals surface area contributed by atoms with Crippen molar-refractivity contribution in [2.75, 3.05) is 0 Å². The quantitative estimate of drug-likeness (QED) is 0.0471. The van der Waals surface area contributed by atoms with Crippen molar-refractivity contribution in [2.24, 2.45) is 0 Å². The van der Waals surface area contributed by atoms with Gasteiger partial charge in [0.25, 0.3) is 0 Å². The predicted molar refractivity (Wildman–Crippen MR) is 188 cm³/mol. The SMILES string of the molecule is Fc1c(F)c(F)c([B-](c2ccccc2C(c2ccccc2)(c2ccccc2)c2ccccc2)(c2c(F)c(F)c(F)c(F)c2F)c2c(F)c(F)c(F)c(F)c2F)c(F)c1F.